The number of thiazole rings is 1. The van der Waals surface area contributed by atoms with E-state index in [2.05, 4.69) is 20.9 Å². The van der Waals surface area contributed by atoms with Gasteiger partial charge in [0, 0.05) is 10.0 Å². The maximum atomic E-state index is 13.3. The standard InChI is InChI=1S/C26H23BrN2O6S/c1-13(2)35-18-10-8-15(9-11-18)21(30)19-20(16-6-5-7-17(27)12-16)29(24(32)22(19)31)26-28-14(3)23(36-26)25(33)34-4/h5-13,20,30H,1-4H3/b21-19+. The van der Waals surface area contributed by atoms with Gasteiger partial charge in [-0.15, -0.1) is 0 Å². The number of halogens is 1. The van der Waals surface area contributed by atoms with Crippen molar-refractivity contribution in [2.24, 2.45) is 0 Å². The summed E-state index contributed by atoms with van der Waals surface area (Å²) in [6, 6.07) is 12.8. The zero-order valence-electron chi connectivity index (χ0n) is 19.9. The Kier molecular flexibility index (Phi) is 7.28. The van der Waals surface area contributed by atoms with Crippen molar-refractivity contribution in [3.63, 3.8) is 0 Å². The molecule has 1 atom stereocenters. The van der Waals surface area contributed by atoms with Crippen LogP contribution < -0.4 is 9.64 Å². The fraction of sp³-hybridized carbons (Fsp3) is 0.231. The molecule has 1 fully saturated rings. The number of aliphatic hydroxyl groups is 1. The molecule has 36 heavy (non-hydrogen) atoms. The Bertz CT molecular complexity index is 1380. The number of aliphatic hydroxyl groups excluding tert-OH is 1. The molecule has 1 amide bonds. The quantitative estimate of drug-likeness (QED) is 0.182. The van der Waals surface area contributed by atoms with E-state index in [1.54, 1.807) is 49.4 Å². The van der Waals surface area contributed by atoms with Crippen LogP contribution in [0, 0.1) is 6.92 Å². The molecule has 0 spiro atoms. The van der Waals surface area contributed by atoms with Crippen molar-refractivity contribution >= 4 is 55.8 Å². The van der Waals surface area contributed by atoms with Gasteiger partial charge in [0.05, 0.1) is 30.5 Å². The minimum absolute atomic E-state index is 0.0251. The van der Waals surface area contributed by atoms with E-state index >= 15 is 0 Å². The monoisotopic (exact) mass is 570 g/mol. The van der Waals surface area contributed by atoms with Crippen LogP contribution in [0.15, 0.2) is 58.6 Å². The predicted octanol–water partition coefficient (Wildman–Crippen LogP) is 5.41. The van der Waals surface area contributed by atoms with E-state index in [9.17, 15) is 19.5 Å². The molecular formula is C26H23BrN2O6S. The van der Waals surface area contributed by atoms with Crippen LogP contribution in [0.25, 0.3) is 5.76 Å². The fourth-order valence-corrected chi connectivity index (χ4v) is 5.34. The Labute approximate surface area is 220 Å². The van der Waals surface area contributed by atoms with Gasteiger partial charge in [0.1, 0.15) is 16.4 Å². The van der Waals surface area contributed by atoms with Crippen LogP contribution in [0.3, 0.4) is 0 Å². The lowest BCUT2D eigenvalue weighted by Gasteiger charge is -2.23. The lowest BCUT2D eigenvalue weighted by atomic mass is 9.95. The van der Waals surface area contributed by atoms with Gasteiger partial charge in [-0.05, 0) is 62.7 Å². The van der Waals surface area contributed by atoms with E-state index < -0.39 is 23.7 Å². The van der Waals surface area contributed by atoms with E-state index in [0.29, 0.717) is 22.6 Å². The second-order valence-corrected chi connectivity index (χ2v) is 10.2. The van der Waals surface area contributed by atoms with Crippen molar-refractivity contribution in [1.82, 2.24) is 4.98 Å². The maximum absolute atomic E-state index is 13.3. The highest BCUT2D eigenvalue weighted by molar-refractivity contribution is 9.10. The number of Topliss-reactive ketones (excluding diaryl/α,β-unsaturated/α-hetero) is 1. The van der Waals surface area contributed by atoms with Crippen LogP contribution in [0.1, 0.15) is 46.4 Å². The van der Waals surface area contributed by atoms with Crippen molar-refractivity contribution in [3.8, 4) is 5.75 Å². The number of rotatable bonds is 6. The molecule has 1 unspecified atom stereocenters. The van der Waals surface area contributed by atoms with Gasteiger partial charge in [0.2, 0.25) is 0 Å². The highest BCUT2D eigenvalue weighted by atomic mass is 79.9. The summed E-state index contributed by atoms with van der Waals surface area (Å²) in [4.78, 5) is 44.6. The fourth-order valence-electron chi connectivity index (χ4n) is 3.91. The number of ether oxygens (including phenoxy) is 2. The smallest absolute Gasteiger partial charge is 0.350 e. The van der Waals surface area contributed by atoms with Gasteiger partial charge in [0.25, 0.3) is 5.78 Å². The third kappa shape index (κ3) is 4.78. The summed E-state index contributed by atoms with van der Waals surface area (Å²) in [6.07, 6.45) is -0.0251. The Morgan fingerprint density at radius 2 is 1.86 bits per heavy atom. The van der Waals surface area contributed by atoms with Gasteiger partial charge in [-0.2, -0.15) is 0 Å². The molecule has 0 saturated carbocycles. The summed E-state index contributed by atoms with van der Waals surface area (Å²) in [5.74, 6) is -2.01. The SMILES string of the molecule is COC(=O)c1sc(N2C(=O)C(=O)/C(=C(/O)c3ccc(OC(C)C)cc3)C2c2cccc(Br)c2)nc1C. The van der Waals surface area contributed by atoms with Crippen molar-refractivity contribution in [1.29, 1.82) is 0 Å². The number of anilines is 1. The summed E-state index contributed by atoms with van der Waals surface area (Å²) in [5.41, 5.74) is 1.23. The van der Waals surface area contributed by atoms with Crippen LogP contribution >= 0.6 is 27.3 Å². The second kappa shape index (κ2) is 10.2. The zero-order valence-corrected chi connectivity index (χ0v) is 22.3. The minimum Gasteiger partial charge on any atom is -0.507 e. The molecule has 1 N–H and O–H groups in total. The number of carbonyl (C=O) groups is 3. The van der Waals surface area contributed by atoms with Gasteiger partial charge >= 0.3 is 11.9 Å². The summed E-state index contributed by atoms with van der Waals surface area (Å²) in [6.45, 7) is 5.43. The molecular weight excluding hydrogens is 548 g/mol. The van der Waals surface area contributed by atoms with E-state index in [1.165, 1.54) is 12.0 Å². The van der Waals surface area contributed by atoms with Crippen molar-refractivity contribution in [2.75, 3.05) is 12.0 Å². The number of carbonyl (C=O) groups excluding carboxylic acids is 3. The first kappa shape index (κ1) is 25.6. The van der Waals surface area contributed by atoms with Crippen LogP contribution in [-0.4, -0.2) is 41.0 Å². The molecule has 2 heterocycles. The zero-order chi connectivity index (χ0) is 26.1. The number of esters is 1. The first-order valence-electron chi connectivity index (χ1n) is 11.0. The van der Waals surface area contributed by atoms with Gasteiger partial charge in [-0.3, -0.25) is 14.5 Å². The lowest BCUT2D eigenvalue weighted by Crippen LogP contribution is -2.29. The summed E-state index contributed by atoms with van der Waals surface area (Å²) < 4.78 is 11.2. The Morgan fingerprint density at radius 3 is 2.47 bits per heavy atom. The number of aromatic nitrogens is 1. The Balaban J connectivity index is 1.88. The van der Waals surface area contributed by atoms with Crippen molar-refractivity contribution < 1.29 is 29.0 Å². The first-order valence-corrected chi connectivity index (χ1v) is 12.6. The van der Waals surface area contributed by atoms with Gasteiger partial charge in [-0.25, -0.2) is 9.78 Å². The van der Waals surface area contributed by atoms with Gasteiger partial charge in [0.15, 0.2) is 5.13 Å². The molecule has 186 valence electrons. The number of nitrogens with zero attached hydrogens (tertiary/aromatic N) is 2. The molecule has 1 aromatic heterocycles. The number of amides is 1. The van der Waals surface area contributed by atoms with E-state index in [0.717, 1.165) is 15.8 Å². The summed E-state index contributed by atoms with van der Waals surface area (Å²) in [5, 5.41) is 11.4. The van der Waals surface area contributed by atoms with Crippen molar-refractivity contribution in [3.05, 3.63) is 80.3 Å². The average Bonchev–Trinajstić information content (AvgIpc) is 3.35. The molecule has 1 aliphatic rings. The van der Waals surface area contributed by atoms with E-state index in [1.807, 2.05) is 19.9 Å². The highest BCUT2D eigenvalue weighted by Crippen LogP contribution is 2.44. The molecule has 1 aliphatic heterocycles. The topological polar surface area (TPSA) is 106 Å². The number of hydrogen-bond acceptors (Lipinski definition) is 8. The largest absolute Gasteiger partial charge is 0.507 e. The van der Waals surface area contributed by atoms with E-state index in [4.69, 9.17) is 9.47 Å². The number of aryl methyl sites for hydroxylation is 1. The maximum Gasteiger partial charge on any atom is 0.350 e. The molecule has 4 rings (SSSR count). The van der Waals surface area contributed by atoms with Crippen LogP contribution in [0.4, 0.5) is 5.13 Å². The molecule has 3 aromatic rings. The number of hydrogen-bond donors (Lipinski definition) is 1. The molecule has 8 nitrogen and oxygen atoms in total. The van der Waals surface area contributed by atoms with Crippen LogP contribution in [-0.2, 0) is 14.3 Å². The van der Waals surface area contributed by atoms with Crippen molar-refractivity contribution in [2.45, 2.75) is 32.9 Å². The second-order valence-electron chi connectivity index (χ2n) is 8.32. The average molecular weight is 571 g/mol. The first-order chi connectivity index (χ1) is 17.1. The lowest BCUT2D eigenvalue weighted by molar-refractivity contribution is -0.132. The third-order valence-electron chi connectivity index (χ3n) is 5.47. The molecule has 0 bridgehead atoms. The van der Waals surface area contributed by atoms with Gasteiger partial charge in [-0.1, -0.05) is 39.4 Å². The van der Waals surface area contributed by atoms with E-state index in [-0.39, 0.29) is 27.4 Å². The molecule has 1 saturated heterocycles. The molecule has 2 aromatic carbocycles. The number of benzene rings is 2. The number of methoxy groups -OCH3 is 1. The summed E-state index contributed by atoms with van der Waals surface area (Å²) in [7, 11) is 1.26. The Hall–Kier alpha value is -3.50. The summed E-state index contributed by atoms with van der Waals surface area (Å²) >= 11 is 4.38. The third-order valence-corrected chi connectivity index (χ3v) is 7.10. The van der Waals surface area contributed by atoms with Crippen LogP contribution in [0.2, 0.25) is 0 Å². The minimum atomic E-state index is -0.967. The van der Waals surface area contributed by atoms with Crippen LogP contribution in [0.5, 0.6) is 5.75 Å². The molecule has 10 heteroatoms. The molecule has 0 radical (unpaired) electrons. The number of ketones is 1. The predicted molar refractivity (Wildman–Crippen MR) is 139 cm³/mol. The highest BCUT2D eigenvalue weighted by Gasteiger charge is 2.48. The molecule has 0 aliphatic carbocycles. The normalized spacial score (nSPS) is 17.1. The Morgan fingerprint density at radius 1 is 1.17 bits per heavy atom. The van der Waals surface area contributed by atoms with Gasteiger partial charge < -0.3 is 14.6 Å².